The summed E-state index contributed by atoms with van der Waals surface area (Å²) in [5.74, 6) is -1.14. The fraction of sp³-hybridized carbons (Fsp3) is 0.167. The van der Waals surface area contributed by atoms with Crippen molar-refractivity contribution in [1.82, 2.24) is 0 Å². The maximum Gasteiger partial charge on any atom is 0.300 e. The van der Waals surface area contributed by atoms with Gasteiger partial charge < -0.3 is 14.3 Å². The van der Waals surface area contributed by atoms with Crippen molar-refractivity contribution in [3.05, 3.63) is 88.3 Å². The lowest BCUT2D eigenvalue weighted by Gasteiger charge is -2.23. The standard InChI is InChI=1S/C24H20ClNO5/c1-3-30-19-13-15(8-11-17(19)25)22(27)20-21(18-5-4-12-31-18)26(24(29)23(20)28)16-9-6-14(2)7-10-16/h4-13,21,27H,3H2,1-2H3/b22-20-. The minimum Gasteiger partial charge on any atom is -0.507 e. The predicted molar refractivity (Wildman–Crippen MR) is 117 cm³/mol. The lowest BCUT2D eigenvalue weighted by atomic mass is 9.99. The van der Waals surface area contributed by atoms with Crippen LogP contribution in [0.2, 0.25) is 5.02 Å². The van der Waals surface area contributed by atoms with Gasteiger partial charge in [-0.05, 0) is 56.3 Å². The largest absolute Gasteiger partial charge is 0.507 e. The van der Waals surface area contributed by atoms with Crippen LogP contribution in [0.5, 0.6) is 5.75 Å². The summed E-state index contributed by atoms with van der Waals surface area (Å²) in [4.78, 5) is 27.4. The fourth-order valence-corrected chi connectivity index (χ4v) is 3.76. The molecule has 0 bridgehead atoms. The number of halogens is 1. The quantitative estimate of drug-likeness (QED) is 0.334. The SMILES string of the molecule is CCOc1cc(/C(O)=C2/C(=O)C(=O)N(c3ccc(C)cc3)C2c2ccco2)ccc1Cl. The molecule has 31 heavy (non-hydrogen) atoms. The van der Waals surface area contributed by atoms with Gasteiger partial charge in [0.2, 0.25) is 0 Å². The van der Waals surface area contributed by atoms with Crippen LogP contribution in [0.25, 0.3) is 5.76 Å². The molecule has 2 heterocycles. The van der Waals surface area contributed by atoms with E-state index in [-0.39, 0.29) is 11.3 Å². The van der Waals surface area contributed by atoms with Crippen molar-refractivity contribution >= 4 is 34.7 Å². The number of nitrogens with zero attached hydrogens (tertiary/aromatic N) is 1. The van der Waals surface area contributed by atoms with Gasteiger partial charge in [-0.15, -0.1) is 0 Å². The van der Waals surface area contributed by atoms with E-state index in [2.05, 4.69) is 0 Å². The van der Waals surface area contributed by atoms with Gasteiger partial charge in [0.25, 0.3) is 11.7 Å². The average molecular weight is 438 g/mol. The van der Waals surface area contributed by atoms with E-state index < -0.39 is 17.7 Å². The molecule has 3 aromatic rings. The van der Waals surface area contributed by atoms with Crippen molar-refractivity contribution < 1.29 is 23.8 Å². The highest BCUT2D eigenvalue weighted by Gasteiger charge is 2.48. The molecule has 1 amide bonds. The Bertz CT molecular complexity index is 1170. The Labute approximate surface area is 184 Å². The highest BCUT2D eigenvalue weighted by atomic mass is 35.5. The second-order valence-corrected chi connectivity index (χ2v) is 7.51. The van der Waals surface area contributed by atoms with Crippen LogP contribution >= 0.6 is 11.6 Å². The molecule has 1 aromatic heterocycles. The van der Waals surface area contributed by atoms with Gasteiger partial charge in [-0.25, -0.2) is 0 Å². The number of hydrogen-bond donors (Lipinski definition) is 1. The number of aryl methyl sites for hydroxylation is 1. The summed E-state index contributed by atoms with van der Waals surface area (Å²) in [6.07, 6.45) is 1.46. The third kappa shape index (κ3) is 3.70. The van der Waals surface area contributed by atoms with E-state index >= 15 is 0 Å². The molecule has 1 unspecified atom stereocenters. The Morgan fingerprint density at radius 3 is 2.55 bits per heavy atom. The van der Waals surface area contributed by atoms with Crippen LogP contribution in [0.3, 0.4) is 0 Å². The zero-order valence-electron chi connectivity index (χ0n) is 17.0. The number of aliphatic hydroxyl groups excluding tert-OH is 1. The molecule has 0 spiro atoms. The molecule has 1 aliphatic rings. The molecule has 1 saturated heterocycles. The van der Waals surface area contributed by atoms with Crippen LogP contribution in [0, 0.1) is 6.92 Å². The summed E-state index contributed by atoms with van der Waals surface area (Å²) < 4.78 is 11.0. The second kappa shape index (κ2) is 8.32. The number of hydrogen-bond acceptors (Lipinski definition) is 5. The van der Waals surface area contributed by atoms with E-state index in [9.17, 15) is 14.7 Å². The zero-order chi connectivity index (χ0) is 22.1. The maximum absolute atomic E-state index is 13.0. The van der Waals surface area contributed by atoms with Gasteiger partial charge in [0.1, 0.15) is 23.3 Å². The van der Waals surface area contributed by atoms with E-state index in [1.54, 1.807) is 42.5 Å². The highest BCUT2D eigenvalue weighted by molar-refractivity contribution is 6.51. The molecule has 7 heteroatoms. The summed E-state index contributed by atoms with van der Waals surface area (Å²) >= 11 is 6.15. The lowest BCUT2D eigenvalue weighted by Crippen LogP contribution is -2.29. The Balaban J connectivity index is 1.89. The molecule has 4 rings (SSSR count). The van der Waals surface area contributed by atoms with Crippen LogP contribution in [0.15, 0.2) is 70.9 Å². The van der Waals surface area contributed by atoms with E-state index in [4.69, 9.17) is 20.8 Å². The minimum atomic E-state index is -0.913. The van der Waals surface area contributed by atoms with Crippen molar-refractivity contribution in [3.63, 3.8) is 0 Å². The van der Waals surface area contributed by atoms with E-state index in [0.717, 1.165) is 5.56 Å². The normalized spacial score (nSPS) is 17.9. The van der Waals surface area contributed by atoms with Crippen LogP contribution in [-0.4, -0.2) is 23.4 Å². The summed E-state index contributed by atoms with van der Waals surface area (Å²) in [5, 5.41) is 11.5. The van der Waals surface area contributed by atoms with Crippen molar-refractivity contribution in [1.29, 1.82) is 0 Å². The molecule has 1 aliphatic heterocycles. The summed E-state index contributed by atoms with van der Waals surface area (Å²) in [7, 11) is 0. The average Bonchev–Trinajstić information content (AvgIpc) is 3.37. The van der Waals surface area contributed by atoms with Crippen LogP contribution < -0.4 is 9.64 Å². The van der Waals surface area contributed by atoms with Gasteiger partial charge in [0, 0.05) is 11.3 Å². The molecular formula is C24H20ClNO5. The van der Waals surface area contributed by atoms with Gasteiger partial charge >= 0.3 is 0 Å². The van der Waals surface area contributed by atoms with Gasteiger partial charge in [-0.3, -0.25) is 14.5 Å². The first-order valence-corrected chi connectivity index (χ1v) is 10.1. The zero-order valence-corrected chi connectivity index (χ0v) is 17.7. The van der Waals surface area contributed by atoms with Crippen LogP contribution in [-0.2, 0) is 9.59 Å². The number of ether oxygens (including phenoxy) is 1. The molecule has 0 saturated carbocycles. The number of carbonyl (C=O) groups excluding carboxylic acids is 2. The molecule has 1 fully saturated rings. The first-order chi connectivity index (χ1) is 14.9. The number of carbonyl (C=O) groups is 2. The van der Waals surface area contributed by atoms with Gasteiger partial charge in [-0.1, -0.05) is 29.3 Å². The first-order valence-electron chi connectivity index (χ1n) is 9.76. The minimum absolute atomic E-state index is 0.0645. The predicted octanol–water partition coefficient (Wildman–Crippen LogP) is 5.27. The number of anilines is 1. The number of furan rings is 1. The smallest absolute Gasteiger partial charge is 0.300 e. The number of benzene rings is 2. The molecule has 0 aliphatic carbocycles. The summed E-state index contributed by atoms with van der Waals surface area (Å²) in [6.45, 7) is 4.12. The topological polar surface area (TPSA) is 80.0 Å². The Hall–Kier alpha value is -3.51. The number of aliphatic hydroxyl groups is 1. The molecule has 1 atom stereocenters. The number of amides is 1. The van der Waals surface area contributed by atoms with Gasteiger partial charge in [0.05, 0.1) is 23.5 Å². The molecule has 6 nitrogen and oxygen atoms in total. The van der Waals surface area contributed by atoms with Crippen LogP contribution in [0.4, 0.5) is 5.69 Å². The van der Waals surface area contributed by atoms with Crippen molar-refractivity contribution in [2.75, 3.05) is 11.5 Å². The third-order valence-electron chi connectivity index (χ3n) is 5.07. The number of ketones is 1. The molecular weight excluding hydrogens is 418 g/mol. The Kier molecular flexibility index (Phi) is 5.57. The van der Waals surface area contributed by atoms with E-state index in [0.29, 0.717) is 34.4 Å². The second-order valence-electron chi connectivity index (χ2n) is 7.10. The molecule has 1 N–H and O–H groups in total. The highest BCUT2D eigenvalue weighted by Crippen LogP contribution is 2.42. The van der Waals surface area contributed by atoms with Gasteiger partial charge in [0.15, 0.2) is 0 Å². The fourth-order valence-electron chi connectivity index (χ4n) is 3.59. The summed E-state index contributed by atoms with van der Waals surface area (Å²) in [5.41, 5.74) is 1.79. The Morgan fingerprint density at radius 1 is 1.16 bits per heavy atom. The number of rotatable bonds is 5. The molecule has 2 aromatic carbocycles. The lowest BCUT2D eigenvalue weighted by molar-refractivity contribution is -0.132. The summed E-state index contributed by atoms with van der Waals surface area (Å²) in [6, 6.07) is 14.3. The molecule has 0 radical (unpaired) electrons. The number of Topliss-reactive ketones (excluding diaryl/α,β-unsaturated/α-hetero) is 1. The monoisotopic (exact) mass is 437 g/mol. The maximum atomic E-state index is 13.0. The van der Waals surface area contributed by atoms with E-state index in [1.807, 2.05) is 26.0 Å². The Morgan fingerprint density at radius 2 is 1.90 bits per heavy atom. The molecule has 158 valence electrons. The first kappa shape index (κ1) is 20.8. The van der Waals surface area contributed by atoms with Crippen molar-refractivity contribution in [2.24, 2.45) is 0 Å². The van der Waals surface area contributed by atoms with Crippen molar-refractivity contribution in [3.8, 4) is 5.75 Å². The van der Waals surface area contributed by atoms with E-state index in [1.165, 1.54) is 11.2 Å². The third-order valence-corrected chi connectivity index (χ3v) is 5.39. The van der Waals surface area contributed by atoms with Crippen LogP contribution in [0.1, 0.15) is 29.9 Å². The van der Waals surface area contributed by atoms with Crippen molar-refractivity contribution in [2.45, 2.75) is 19.9 Å². The van der Waals surface area contributed by atoms with Gasteiger partial charge in [-0.2, -0.15) is 0 Å².